The Morgan fingerprint density at radius 3 is 2.59 bits per heavy atom. The van der Waals surface area contributed by atoms with Gasteiger partial charge >= 0.3 is 0 Å². The van der Waals surface area contributed by atoms with Gasteiger partial charge in [-0.15, -0.1) is 0 Å². The van der Waals surface area contributed by atoms with E-state index in [0.717, 1.165) is 19.0 Å². The predicted molar refractivity (Wildman–Crippen MR) is 73.0 cm³/mol. The van der Waals surface area contributed by atoms with Crippen LogP contribution in [0.25, 0.3) is 0 Å². The number of hydrogen-bond acceptors (Lipinski definition) is 2. The van der Waals surface area contributed by atoms with Crippen LogP contribution in [0, 0.1) is 5.92 Å². The minimum atomic E-state index is 0.934. The molecule has 2 rings (SSSR count). The lowest BCUT2D eigenvalue weighted by molar-refractivity contribution is 0.193. The normalized spacial score (nSPS) is 18.4. The van der Waals surface area contributed by atoms with Crippen molar-refractivity contribution in [3.63, 3.8) is 0 Å². The Morgan fingerprint density at radius 1 is 1.18 bits per heavy atom. The summed E-state index contributed by atoms with van der Waals surface area (Å²) in [6, 6.07) is 10.6. The third kappa shape index (κ3) is 4.49. The second-order valence-electron chi connectivity index (χ2n) is 5.19. The Labute approximate surface area is 105 Å². The smallest absolute Gasteiger partial charge is 0.0206 e. The van der Waals surface area contributed by atoms with Crippen LogP contribution in [0.3, 0.4) is 0 Å². The summed E-state index contributed by atoms with van der Waals surface area (Å²) >= 11 is 0. The Hall–Kier alpha value is -0.860. The maximum atomic E-state index is 3.52. The zero-order chi connectivity index (χ0) is 11.9. The van der Waals surface area contributed by atoms with Crippen molar-refractivity contribution in [3.05, 3.63) is 35.9 Å². The molecule has 0 saturated carbocycles. The molecule has 17 heavy (non-hydrogen) atoms. The Balaban J connectivity index is 1.57. The topological polar surface area (TPSA) is 15.3 Å². The summed E-state index contributed by atoms with van der Waals surface area (Å²) in [7, 11) is 0. The molecular weight excluding hydrogens is 208 g/mol. The van der Waals surface area contributed by atoms with Gasteiger partial charge in [-0.05, 0) is 37.4 Å². The van der Waals surface area contributed by atoms with Crippen LogP contribution in [0.1, 0.15) is 25.3 Å². The van der Waals surface area contributed by atoms with E-state index in [1.165, 1.54) is 38.0 Å². The van der Waals surface area contributed by atoms with Gasteiger partial charge < -0.3 is 10.2 Å². The summed E-state index contributed by atoms with van der Waals surface area (Å²) in [5.74, 6) is 0.934. The average molecular weight is 232 g/mol. The molecule has 1 aliphatic heterocycles. The molecule has 1 fully saturated rings. The van der Waals surface area contributed by atoms with Crippen LogP contribution in [0.15, 0.2) is 30.3 Å². The average Bonchev–Trinajstić information content (AvgIpc) is 2.38. The Kier molecular flexibility index (Phi) is 5.02. The van der Waals surface area contributed by atoms with Crippen molar-refractivity contribution in [1.29, 1.82) is 0 Å². The first kappa shape index (κ1) is 12.6. The zero-order valence-electron chi connectivity index (χ0n) is 10.9. The van der Waals surface area contributed by atoms with Crippen molar-refractivity contribution in [2.75, 3.05) is 26.2 Å². The van der Waals surface area contributed by atoms with Crippen LogP contribution < -0.4 is 5.32 Å². The maximum absolute atomic E-state index is 3.52. The van der Waals surface area contributed by atoms with Gasteiger partial charge in [0.1, 0.15) is 0 Å². The van der Waals surface area contributed by atoms with Gasteiger partial charge in [0.05, 0.1) is 0 Å². The van der Waals surface area contributed by atoms with Gasteiger partial charge in [-0.1, -0.05) is 37.3 Å². The highest BCUT2D eigenvalue weighted by Gasteiger charge is 2.14. The highest BCUT2D eigenvalue weighted by molar-refractivity contribution is 5.14. The maximum Gasteiger partial charge on any atom is 0.0206 e. The number of nitrogens with one attached hydrogen (secondary N) is 1. The highest BCUT2D eigenvalue weighted by atomic mass is 15.1. The number of rotatable bonds is 5. The van der Waals surface area contributed by atoms with E-state index in [1.807, 2.05) is 0 Å². The minimum Gasteiger partial charge on any atom is -0.311 e. The summed E-state index contributed by atoms with van der Waals surface area (Å²) in [6.45, 7) is 8.22. The predicted octanol–water partition coefficient (Wildman–Crippen LogP) is 2.51. The van der Waals surface area contributed by atoms with Crippen molar-refractivity contribution in [2.45, 2.75) is 26.3 Å². The summed E-state index contributed by atoms with van der Waals surface area (Å²) in [6.07, 6.45) is 2.75. The molecule has 2 heteroatoms. The highest BCUT2D eigenvalue weighted by Crippen LogP contribution is 2.15. The van der Waals surface area contributed by atoms with E-state index in [-0.39, 0.29) is 0 Å². The summed E-state index contributed by atoms with van der Waals surface area (Å²) in [5.41, 5.74) is 1.37. The lowest BCUT2D eigenvalue weighted by Gasteiger charge is -2.30. The number of hydrogen-bond donors (Lipinski definition) is 1. The molecular formula is C15H24N2. The van der Waals surface area contributed by atoms with Gasteiger partial charge in [0.25, 0.3) is 0 Å². The van der Waals surface area contributed by atoms with Gasteiger partial charge in [-0.3, -0.25) is 0 Å². The Bertz CT molecular complexity index is 302. The van der Waals surface area contributed by atoms with E-state index in [2.05, 4.69) is 47.5 Å². The molecule has 1 aromatic rings. The van der Waals surface area contributed by atoms with Crippen molar-refractivity contribution in [1.82, 2.24) is 10.2 Å². The van der Waals surface area contributed by atoms with Crippen LogP contribution in [-0.2, 0) is 6.54 Å². The fraction of sp³-hybridized carbons (Fsp3) is 0.600. The van der Waals surface area contributed by atoms with Crippen molar-refractivity contribution in [2.24, 2.45) is 5.92 Å². The standard InChI is InChI=1S/C15H24N2/c1-14-7-10-17(11-8-14)12-9-16-13-15-5-3-2-4-6-15/h2-6,14,16H,7-13H2,1H3. The van der Waals surface area contributed by atoms with Gasteiger partial charge in [0, 0.05) is 19.6 Å². The van der Waals surface area contributed by atoms with Gasteiger partial charge in [0.15, 0.2) is 0 Å². The molecule has 94 valence electrons. The molecule has 0 unspecified atom stereocenters. The zero-order valence-corrected chi connectivity index (χ0v) is 10.9. The Morgan fingerprint density at radius 2 is 1.88 bits per heavy atom. The molecule has 1 aliphatic rings. The third-order valence-electron chi connectivity index (χ3n) is 3.65. The molecule has 0 aromatic heterocycles. The molecule has 0 radical (unpaired) electrons. The molecule has 1 N–H and O–H groups in total. The van der Waals surface area contributed by atoms with E-state index < -0.39 is 0 Å². The number of likely N-dealkylation sites (tertiary alicyclic amines) is 1. The van der Waals surface area contributed by atoms with Crippen LogP contribution in [0.2, 0.25) is 0 Å². The quantitative estimate of drug-likeness (QED) is 0.785. The van der Waals surface area contributed by atoms with E-state index in [9.17, 15) is 0 Å². The van der Waals surface area contributed by atoms with Crippen LogP contribution in [-0.4, -0.2) is 31.1 Å². The molecule has 2 nitrogen and oxygen atoms in total. The number of piperidine rings is 1. The van der Waals surface area contributed by atoms with E-state index in [4.69, 9.17) is 0 Å². The molecule has 1 saturated heterocycles. The van der Waals surface area contributed by atoms with Crippen LogP contribution >= 0.6 is 0 Å². The molecule has 0 spiro atoms. The van der Waals surface area contributed by atoms with Crippen molar-refractivity contribution in [3.8, 4) is 0 Å². The molecule has 1 heterocycles. The van der Waals surface area contributed by atoms with Crippen LogP contribution in [0.5, 0.6) is 0 Å². The second-order valence-corrected chi connectivity index (χ2v) is 5.19. The fourth-order valence-electron chi connectivity index (χ4n) is 2.35. The molecule has 0 bridgehead atoms. The fourth-order valence-corrected chi connectivity index (χ4v) is 2.35. The van der Waals surface area contributed by atoms with Gasteiger partial charge in [-0.2, -0.15) is 0 Å². The lowest BCUT2D eigenvalue weighted by Crippen LogP contribution is -2.37. The van der Waals surface area contributed by atoms with Crippen molar-refractivity contribution < 1.29 is 0 Å². The number of benzene rings is 1. The van der Waals surface area contributed by atoms with Gasteiger partial charge in [0.2, 0.25) is 0 Å². The lowest BCUT2D eigenvalue weighted by atomic mass is 9.99. The number of nitrogens with zero attached hydrogens (tertiary/aromatic N) is 1. The summed E-state index contributed by atoms with van der Waals surface area (Å²) in [5, 5.41) is 3.52. The minimum absolute atomic E-state index is 0.934. The SMILES string of the molecule is CC1CCN(CCNCc2ccccc2)CC1. The summed E-state index contributed by atoms with van der Waals surface area (Å²) < 4.78 is 0. The first-order chi connectivity index (χ1) is 8.34. The van der Waals surface area contributed by atoms with E-state index in [1.54, 1.807) is 0 Å². The summed E-state index contributed by atoms with van der Waals surface area (Å²) in [4.78, 5) is 2.58. The first-order valence-electron chi connectivity index (χ1n) is 6.81. The van der Waals surface area contributed by atoms with Crippen molar-refractivity contribution >= 4 is 0 Å². The van der Waals surface area contributed by atoms with E-state index in [0.29, 0.717) is 0 Å². The monoisotopic (exact) mass is 232 g/mol. The van der Waals surface area contributed by atoms with E-state index >= 15 is 0 Å². The third-order valence-corrected chi connectivity index (χ3v) is 3.65. The molecule has 1 aromatic carbocycles. The van der Waals surface area contributed by atoms with Crippen LogP contribution in [0.4, 0.5) is 0 Å². The molecule has 0 atom stereocenters. The molecule has 0 aliphatic carbocycles. The largest absolute Gasteiger partial charge is 0.311 e. The van der Waals surface area contributed by atoms with Gasteiger partial charge in [-0.25, -0.2) is 0 Å². The first-order valence-corrected chi connectivity index (χ1v) is 6.81. The molecule has 0 amide bonds. The second kappa shape index (κ2) is 6.77.